The Balaban J connectivity index is 1.62. The van der Waals surface area contributed by atoms with Gasteiger partial charge in [-0.15, -0.1) is 0 Å². The van der Waals surface area contributed by atoms with Crippen LogP contribution < -0.4 is 4.74 Å². The molecule has 1 fully saturated rings. The van der Waals surface area contributed by atoms with E-state index in [1.54, 1.807) is 7.11 Å². The largest absolute Gasteiger partial charge is 0.491 e. The van der Waals surface area contributed by atoms with Gasteiger partial charge in [0.2, 0.25) is 0 Å². The van der Waals surface area contributed by atoms with Gasteiger partial charge in [0.05, 0.1) is 25.4 Å². The first-order valence-corrected chi connectivity index (χ1v) is 12.3. The van der Waals surface area contributed by atoms with E-state index >= 15 is 0 Å². The van der Waals surface area contributed by atoms with Crippen molar-refractivity contribution >= 4 is 17.7 Å². The first-order valence-electron chi connectivity index (χ1n) is 12.3. The van der Waals surface area contributed by atoms with E-state index in [0.717, 1.165) is 73.7 Å². The summed E-state index contributed by atoms with van der Waals surface area (Å²) in [5.41, 5.74) is 7.18. The zero-order chi connectivity index (χ0) is 24.5. The normalized spacial score (nSPS) is 16.3. The second-order valence-electron chi connectivity index (χ2n) is 8.90. The summed E-state index contributed by atoms with van der Waals surface area (Å²) in [5.74, 6) is 0.880. The first-order chi connectivity index (χ1) is 17.2. The molecule has 1 aliphatic heterocycles. The van der Waals surface area contributed by atoms with E-state index < -0.39 is 0 Å². The van der Waals surface area contributed by atoms with Gasteiger partial charge in [0, 0.05) is 32.3 Å². The van der Waals surface area contributed by atoms with Gasteiger partial charge in [-0.3, -0.25) is 4.90 Å². The molecular formula is C30H34N2O3. The topological polar surface area (TPSA) is 54.7 Å². The number of morpholine rings is 1. The van der Waals surface area contributed by atoms with Crippen LogP contribution in [0.25, 0.3) is 17.7 Å². The van der Waals surface area contributed by atoms with E-state index in [2.05, 4.69) is 54.3 Å². The molecule has 0 bridgehead atoms. The average molecular weight is 471 g/mol. The van der Waals surface area contributed by atoms with Gasteiger partial charge in [0.1, 0.15) is 18.4 Å². The van der Waals surface area contributed by atoms with Crippen molar-refractivity contribution in [2.24, 2.45) is 0 Å². The molecule has 182 valence electrons. The maximum Gasteiger partial charge on any atom is 0.124 e. The summed E-state index contributed by atoms with van der Waals surface area (Å²) < 4.78 is 16.8. The summed E-state index contributed by atoms with van der Waals surface area (Å²) in [6.07, 6.45) is 12.7. The zero-order valence-corrected chi connectivity index (χ0v) is 20.8. The van der Waals surface area contributed by atoms with Crippen LogP contribution in [-0.4, -0.2) is 51.5 Å². The number of benzene rings is 2. The van der Waals surface area contributed by atoms with Crippen LogP contribution in [0.15, 0.2) is 48.6 Å². The molecule has 2 aliphatic rings. The molecule has 0 amide bonds. The lowest BCUT2D eigenvalue weighted by molar-refractivity contribution is 0.0337. The monoisotopic (exact) mass is 470 g/mol. The van der Waals surface area contributed by atoms with Crippen LogP contribution in [0, 0.1) is 18.3 Å². The Hall–Kier alpha value is -3.17. The second-order valence-corrected chi connectivity index (χ2v) is 8.90. The highest BCUT2D eigenvalue weighted by molar-refractivity contribution is 5.83. The molecular weight excluding hydrogens is 436 g/mol. The zero-order valence-electron chi connectivity index (χ0n) is 20.8. The van der Waals surface area contributed by atoms with Gasteiger partial charge in [-0.2, -0.15) is 5.26 Å². The lowest BCUT2D eigenvalue weighted by Crippen LogP contribution is -2.35. The van der Waals surface area contributed by atoms with Gasteiger partial charge in [0.25, 0.3) is 0 Å². The molecule has 1 aliphatic carbocycles. The summed E-state index contributed by atoms with van der Waals surface area (Å²) in [6, 6.07) is 12.8. The van der Waals surface area contributed by atoms with E-state index in [1.165, 1.54) is 11.1 Å². The van der Waals surface area contributed by atoms with E-state index in [0.29, 0.717) is 18.8 Å². The Morgan fingerprint density at radius 1 is 1.09 bits per heavy atom. The van der Waals surface area contributed by atoms with E-state index in [1.807, 2.05) is 24.3 Å². The minimum absolute atomic E-state index is 0.502. The van der Waals surface area contributed by atoms with Gasteiger partial charge in [-0.25, -0.2) is 0 Å². The average Bonchev–Trinajstić information content (AvgIpc) is 2.90. The SMILES string of the molecule is COCCOc1cc(/C=C/c2cccc(C3=CCCC=C3)c2C#N)c(C)cc1CN1CCOCC1. The summed E-state index contributed by atoms with van der Waals surface area (Å²) in [6.45, 7) is 7.40. The third-order valence-electron chi connectivity index (χ3n) is 6.45. The molecule has 35 heavy (non-hydrogen) atoms. The van der Waals surface area contributed by atoms with Crippen LogP contribution in [0.2, 0.25) is 0 Å². The van der Waals surface area contributed by atoms with E-state index in [9.17, 15) is 5.26 Å². The van der Waals surface area contributed by atoms with Gasteiger partial charge in [-0.1, -0.05) is 54.6 Å². The Kier molecular flexibility index (Phi) is 8.91. The highest BCUT2D eigenvalue weighted by Gasteiger charge is 2.16. The summed E-state index contributed by atoms with van der Waals surface area (Å²) >= 11 is 0. The predicted molar refractivity (Wildman–Crippen MR) is 141 cm³/mol. The fourth-order valence-corrected chi connectivity index (χ4v) is 4.50. The van der Waals surface area contributed by atoms with Crippen LogP contribution in [0.5, 0.6) is 5.75 Å². The van der Waals surface area contributed by atoms with Gasteiger partial charge in [-0.05, 0) is 53.7 Å². The van der Waals surface area contributed by atoms with Crippen molar-refractivity contribution in [3.8, 4) is 11.8 Å². The molecule has 4 rings (SSSR count). The molecule has 1 heterocycles. The molecule has 0 saturated carbocycles. The molecule has 2 aromatic rings. The van der Waals surface area contributed by atoms with Crippen molar-refractivity contribution in [1.82, 2.24) is 4.90 Å². The number of nitriles is 1. The standard InChI is InChI=1S/C30H34N2O3/c1-23-19-27(22-32-13-15-34-16-14-32)30(35-18-17-33-2)20-26(23)12-11-25-9-6-10-28(29(25)21-31)24-7-4-3-5-8-24/h4,6-12,19-20H,3,5,13-18,22H2,1-2H3/b12-11+. The van der Waals surface area contributed by atoms with Crippen molar-refractivity contribution in [3.63, 3.8) is 0 Å². The molecule has 0 radical (unpaired) electrons. The smallest absolute Gasteiger partial charge is 0.124 e. The second kappa shape index (κ2) is 12.5. The molecule has 5 nitrogen and oxygen atoms in total. The molecule has 0 spiro atoms. The van der Waals surface area contributed by atoms with Crippen LogP contribution in [0.4, 0.5) is 0 Å². The maximum absolute atomic E-state index is 9.96. The van der Waals surface area contributed by atoms with Crippen molar-refractivity contribution < 1.29 is 14.2 Å². The lowest BCUT2D eigenvalue weighted by atomic mass is 9.92. The Morgan fingerprint density at radius 2 is 1.91 bits per heavy atom. The molecule has 0 unspecified atom stereocenters. The van der Waals surface area contributed by atoms with Crippen molar-refractivity contribution in [2.75, 3.05) is 46.6 Å². The maximum atomic E-state index is 9.96. The molecule has 0 aromatic heterocycles. The van der Waals surface area contributed by atoms with Crippen molar-refractivity contribution in [2.45, 2.75) is 26.3 Å². The summed E-state index contributed by atoms with van der Waals surface area (Å²) in [5, 5.41) is 9.96. The van der Waals surface area contributed by atoms with Crippen LogP contribution in [0.3, 0.4) is 0 Å². The third-order valence-corrected chi connectivity index (χ3v) is 6.45. The number of rotatable bonds is 9. The quantitative estimate of drug-likeness (QED) is 0.351. The predicted octanol–water partition coefficient (Wildman–Crippen LogP) is 5.63. The minimum atomic E-state index is 0.502. The summed E-state index contributed by atoms with van der Waals surface area (Å²) in [4.78, 5) is 2.40. The summed E-state index contributed by atoms with van der Waals surface area (Å²) in [7, 11) is 1.68. The van der Waals surface area contributed by atoms with Crippen LogP contribution in [0.1, 0.15) is 46.2 Å². The van der Waals surface area contributed by atoms with E-state index in [4.69, 9.17) is 14.2 Å². The molecule has 1 saturated heterocycles. The number of methoxy groups -OCH3 is 1. The number of aryl methyl sites for hydroxylation is 1. The number of hydrogen-bond acceptors (Lipinski definition) is 5. The highest BCUT2D eigenvalue weighted by Crippen LogP contribution is 2.29. The Labute approximate surface area is 208 Å². The lowest BCUT2D eigenvalue weighted by Gasteiger charge is -2.27. The third kappa shape index (κ3) is 6.49. The van der Waals surface area contributed by atoms with Crippen LogP contribution >= 0.6 is 0 Å². The van der Waals surface area contributed by atoms with Gasteiger partial charge < -0.3 is 14.2 Å². The van der Waals surface area contributed by atoms with Crippen molar-refractivity contribution in [3.05, 3.63) is 81.9 Å². The van der Waals surface area contributed by atoms with E-state index in [-0.39, 0.29) is 0 Å². The first kappa shape index (κ1) is 24.9. The number of nitrogens with zero attached hydrogens (tertiary/aromatic N) is 2. The molecule has 5 heteroatoms. The molecule has 0 N–H and O–H groups in total. The number of allylic oxidation sites excluding steroid dienone is 4. The minimum Gasteiger partial charge on any atom is -0.491 e. The number of hydrogen-bond donors (Lipinski definition) is 0. The van der Waals surface area contributed by atoms with Crippen molar-refractivity contribution in [1.29, 1.82) is 5.26 Å². The van der Waals surface area contributed by atoms with Crippen LogP contribution in [-0.2, 0) is 16.0 Å². The highest BCUT2D eigenvalue weighted by atomic mass is 16.5. The molecule has 2 aromatic carbocycles. The Morgan fingerprint density at radius 3 is 2.66 bits per heavy atom. The fraction of sp³-hybridized carbons (Fsp3) is 0.367. The molecule has 0 atom stereocenters. The fourth-order valence-electron chi connectivity index (χ4n) is 4.50. The number of ether oxygens (including phenoxy) is 3. The van der Waals surface area contributed by atoms with Gasteiger partial charge >= 0.3 is 0 Å². The van der Waals surface area contributed by atoms with Gasteiger partial charge in [0.15, 0.2) is 0 Å². The Bertz CT molecular complexity index is 1150.